The van der Waals surface area contributed by atoms with E-state index in [0.29, 0.717) is 17.7 Å². The van der Waals surface area contributed by atoms with E-state index in [1.165, 1.54) is 29.5 Å². The Bertz CT molecular complexity index is 729. The van der Waals surface area contributed by atoms with E-state index < -0.39 is 15.8 Å². The van der Waals surface area contributed by atoms with Crippen LogP contribution in [0.4, 0.5) is 15.2 Å². The van der Waals surface area contributed by atoms with Crippen LogP contribution in [0.5, 0.6) is 0 Å². The largest absolute Gasteiger partial charge is 0.398 e. The number of thiazole rings is 1. The number of halogens is 1. The van der Waals surface area contributed by atoms with Crippen molar-refractivity contribution in [2.24, 2.45) is 0 Å². The first-order valence-electron chi connectivity index (χ1n) is 6.42. The number of anilines is 2. The number of nitrogens with one attached hydrogen (secondary N) is 1. The van der Waals surface area contributed by atoms with E-state index in [9.17, 15) is 12.8 Å². The number of aromatic nitrogens is 1. The van der Waals surface area contributed by atoms with Crippen molar-refractivity contribution in [3.63, 3.8) is 0 Å². The van der Waals surface area contributed by atoms with Gasteiger partial charge in [-0.3, -0.25) is 4.72 Å². The lowest BCUT2D eigenvalue weighted by atomic mass is 10.1. The van der Waals surface area contributed by atoms with Crippen molar-refractivity contribution in [1.82, 2.24) is 4.98 Å². The topological polar surface area (TPSA) is 85.1 Å². The molecular formula is C13H16FN3O2S2. The molecule has 0 aliphatic rings. The first-order valence-corrected chi connectivity index (χ1v) is 8.96. The lowest BCUT2D eigenvalue weighted by molar-refractivity contribution is 0.598. The molecular weight excluding hydrogens is 313 g/mol. The third-order valence-corrected chi connectivity index (χ3v) is 5.02. The molecule has 0 saturated heterocycles. The second-order valence-electron chi connectivity index (χ2n) is 4.54. The molecule has 21 heavy (non-hydrogen) atoms. The van der Waals surface area contributed by atoms with Crippen LogP contribution in [-0.2, 0) is 10.0 Å². The van der Waals surface area contributed by atoms with E-state index in [1.807, 2.05) is 6.92 Å². The van der Waals surface area contributed by atoms with Crippen LogP contribution >= 0.6 is 11.3 Å². The van der Waals surface area contributed by atoms with Gasteiger partial charge in [-0.15, -0.1) is 11.3 Å². The molecule has 0 bridgehead atoms. The van der Waals surface area contributed by atoms with Gasteiger partial charge in [0.1, 0.15) is 5.82 Å². The third kappa shape index (κ3) is 4.15. The molecule has 2 aromatic rings. The zero-order valence-corrected chi connectivity index (χ0v) is 13.1. The number of unbranched alkanes of at least 4 members (excludes halogenated alkanes) is 1. The number of sulfonamides is 1. The Hall–Kier alpha value is -1.67. The van der Waals surface area contributed by atoms with Crippen molar-refractivity contribution in [2.45, 2.75) is 19.8 Å². The summed E-state index contributed by atoms with van der Waals surface area (Å²) in [4.78, 5) is 4.19. The van der Waals surface area contributed by atoms with Gasteiger partial charge in [0.15, 0.2) is 5.13 Å². The number of nitrogens with zero attached hydrogens (tertiary/aromatic N) is 1. The van der Waals surface area contributed by atoms with Crippen LogP contribution in [0, 0.1) is 5.82 Å². The number of nitrogens with two attached hydrogens (primary N) is 1. The van der Waals surface area contributed by atoms with Crippen LogP contribution in [0.25, 0.3) is 11.3 Å². The Morgan fingerprint density at radius 2 is 2.19 bits per heavy atom. The molecule has 1 aromatic heterocycles. The average molecular weight is 329 g/mol. The Balaban J connectivity index is 2.18. The Labute approximate surface area is 127 Å². The summed E-state index contributed by atoms with van der Waals surface area (Å²) in [7, 11) is -3.38. The summed E-state index contributed by atoms with van der Waals surface area (Å²) in [5.41, 5.74) is 7.10. The van der Waals surface area contributed by atoms with E-state index in [-0.39, 0.29) is 16.6 Å². The molecule has 0 saturated carbocycles. The maximum Gasteiger partial charge on any atom is 0.234 e. The first kappa shape index (κ1) is 15.7. The van der Waals surface area contributed by atoms with Gasteiger partial charge in [-0.05, 0) is 24.6 Å². The standard InChI is InChI=1S/C13H16FN3O2S2/c1-2-3-6-21(18,19)17-13-16-12(8-20-13)10-5-4-9(14)7-11(10)15/h4-5,7-8H,2-3,6,15H2,1H3,(H,16,17). The van der Waals surface area contributed by atoms with Crippen LogP contribution in [0.1, 0.15) is 19.8 Å². The van der Waals surface area contributed by atoms with Crippen LogP contribution in [-0.4, -0.2) is 19.2 Å². The highest BCUT2D eigenvalue weighted by atomic mass is 32.2. The number of hydrogen-bond acceptors (Lipinski definition) is 5. The van der Waals surface area contributed by atoms with Crippen molar-refractivity contribution < 1.29 is 12.8 Å². The maximum absolute atomic E-state index is 13.0. The summed E-state index contributed by atoms with van der Waals surface area (Å²) in [6, 6.07) is 4.02. The van der Waals surface area contributed by atoms with E-state index in [0.717, 1.165) is 6.42 Å². The molecule has 0 unspecified atom stereocenters. The molecule has 0 fully saturated rings. The Kier molecular flexibility index (Phi) is 4.79. The highest BCUT2D eigenvalue weighted by Crippen LogP contribution is 2.30. The molecule has 0 aliphatic carbocycles. The zero-order valence-electron chi connectivity index (χ0n) is 11.5. The normalized spacial score (nSPS) is 11.5. The fraction of sp³-hybridized carbons (Fsp3) is 0.308. The number of hydrogen-bond donors (Lipinski definition) is 2. The predicted molar refractivity (Wildman–Crippen MR) is 84.2 cm³/mol. The highest BCUT2D eigenvalue weighted by molar-refractivity contribution is 7.92. The predicted octanol–water partition coefficient (Wildman–Crippen LogP) is 3.07. The molecule has 2 rings (SSSR count). The molecule has 5 nitrogen and oxygen atoms in total. The summed E-state index contributed by atoms with van der Waals surface area (Å²) in [6.45, 7) is 1.92. The van der Waals surface area contributed by atoms with Gasteiger partial charge in [0, 0.05) is 16.6 Å². The maximum atomic E-state index is 13.0. The third-order valence-electron chi connectivity index (χ3n) is 2.80. The van der Waals surface area contributed by atoms with E-state index in [4.69, 9.17) is 5.73 Å². The van der Waals surface area contributed by atoms with E-state index >= 15 is 0 Å². The molecule has 1 aromatic carbocycles. The van der Waals surface area contributed by atoms with Gasteiger partial charge < -0.3 is 5.73 Å². The van der Waals surface area contributed by atoms with Crippen molar-refractivity contribution in [3.05, 3.63) is 29.4 Å². The molecule has 0 radical (unpaired) electrons. The van der Waals surface area contributed by atoms with Crippen molar-refractivity contribution in [1.29, 1.82) is 0 Å². The number of nitrogen functional groups attached to an aromatic ring is 1. The van der Waals surface area contributed by atoms with Crippen molar-refractivity contribution in [2.75, 3.05) is 16.2 Å². The minimum absolute atomic E-state index is 0.0666. The molecule has 1 heterocycles. The second-order valence-corrected chi connectivity index (χ2v) is 7.24. The molecule has 0 spiro atoms. The minimum atomic E-state index is -3.38. The van der Waals surface area contributed by atoms with Gasteiger partial charge in [0.2, 0.25) is 10.0 Å². The minimum Gasteiger partial charge on any atom is -0.398 e. The fourth-order valence-corrected chi connectivity index (χ4v) is 3.94. The summed E-state index contributed by atoms with van der Waals surface area (Å²) in [6.07, 6.45) is 1.40. The second kappa shape index (κ2) is 6.40. The van der Waals surface area contributed by atoms with Gasteiger partial charge in [-0.25, -0.2) is 17.8 Å². The lowest BCUT2D eigenvalue weighted by Gasteiger charge is -2.04. The van der Waals surface area contributed by atoms with Crippen molar-refractivity contribution in [3.8, 4) is 11.3 Å². The smallest absolute Gasteiger partial charge is 0.234 e. The number of benzene rings is 1. The lowest BCUT2D eigenvalue weighted by Crippen LogP contribution is -2.16. The fourth-order valence-electron chi connectivity index (χ4n) is 1.73. The van der Waals surface area contributed by atoms with E-state index in [1.54, 1.807) is 5.38 Å². The average Bonchev–Trinajstić information content (AvgIpc) is 2.84. The van der Waals surface area contributed by atoms with Crippen LogP contribution in [0.2, 0.25) is 0 Å². The summed E-state index contributed by atoms with van der Waals surface area (Å²) in [5.74, 6) is -0.358. The zero-order chi connectivity index (χ0) is 15.5. The van der Waals surface area contributed by atoms with Gasteiger partial charge in [-0.2, -0.15) is 0 Å². The summed E-state index contributed by atoms with van der Waals surface area (Å²) < 4.78 is 39.1. The molecule has 114 valence electrons. The van der Waals surface area contributed by atoms with Crippen LogP contribution in [0.3, 0.4) is 0 Å². The van der Waals surface area contributed by atoms with Gasteiger partial charge in [0.05, 0.1) is 11.4 Å². The Morgan fingerprint density at radius 1 is 1.43 bits per heavy atom. The highest BCUT2D eigenvalue weighted by Gasteiger charge is 2.14. The summed E-state index contributed by atoms with van der Waals surface area (Å²) >= 11 is 1.17. The monoisotopic (exact) mass is 329 g/mol. The summed E-state index contributed by atoms with van der Waals surface area (Å²) in [5, 5.41) is 1.96. The molecule has 0 amide bonds. The SMILES string of the molecule is CCCCS(=O)(=O)Nc1nc(-c2ccc(F)cc2N)cs1. The number of rotatable bonds is 6. The van der Waals surface area contributed by atoms with Crippen LogP contribution < -0.4 is 10.5 Å². The molecule has 8 heteroatoms. The molecule has 3 N–H and O–H groups in total. The Morgan fingerprint density at radius 3 is 2.86 bits per heavy atom. The van der Waals surface area contributed by atoms with Gasteiger partial charge >= 0.3 is 0 Å². The molecule has 0 aliphatic heterocycles. The molecule has 0 atom stereocenters. The van der Waals surface area contributed by atoms with E-state index in [2.05, 4.69) is 9.71 Å². The first-order chi connectivity index (χ1) is 9.91. The van der Waals surface area contributed by atoms with Gasteiger partial charge in [0.25, 0.3) is 0 Å². The van der Waals surface area contributed by atoms with Crippen molar-refractivity contribution >= 4 is 32.2 Å². The quantitative estimate of drug-likeness (QED) is 0.798. The van der Waals surface area contributed by atoms with Gasteiger partial charge in [-0.1, -0.05) is 13.3 Å². The van der Waals surface area contributed by atoms with Crippen LogP contribution in [0.15, 0.2) is 23.6 Å².